The van der Waals surface area contributed by atoms with Gasteiger partial charge in [-0.25, -0.2) is 4.98 Å². The maximum absolute atomic E-state index is 13.1. The van der Waals surface area contributed by atoms with Crippen LogP contribution in [0.4, 0.5) is 5.69 Å². The predicted octanol–water partition coefficient (Wildman–Crippen LogP) is 5.18. The Kier molecular flexibility index (Phi) is 5.04. The lowest BCUT2D eigenvalue weighted by Crippen LogP contribution is -2.28. The molecule has 0 amide bonds. The van der Waals surface area contributed by atoms with E-state index >= 15 is 0 Å². The topological polar surface area (TPSA) is 74.0 Å². The Balaban J connectivity index is 2.02. The van der Waals surface area contributed by atoms with Crippen LogP contribution in [0.15, 0.2) is 56.5 Å². The number of para-hydroxylation sites is 1. The molecule has 0 bridgehead atoms. The summed E-state index contributed by atoms with van der Waals surface area (Å²) in [6.45, 7) is 6.13. The van der Waals surface area contributed by atoms with Crippen molar-refractivity contribution in [2.75, 3.05) is 5.73 Å². The van der Waals surface area contributed by atoms with E-state index in [1.807, 2.05) is 51.1 Å². The minimum absolute atomic E-state index is 0.00701. The lowest BCUT2D eigenvalue weighted by Gasteiger charge is -2.16. The summed E-state index contributed by atoms with van der Waals surface area (Å²) in [6.07, 6.45) is 4.04. The van der Waals surface area contributed by atoms with E-state index in [0.717, 1.165) is 43.8 Å². The zero-order valence-corrected chi connectivity index (χ0v) is 18.2. The van der Waals surface area contributed by atoms with E-state index in [4.69, 9.17) is 10.2 Å². The van der Waals surface area contributed by atoms with Gasteiger partial charge in [0.15, 0.2) is 0 Å². The standard InChI is InChI=1S/C23H22BrN3O2/c1-4-20-26-14(3)13(2)23(28)27(20)11-17-15-9-10-29-12-18(15)22(24)21(17)16-7-5-6-8-19(16)25/h5-10,12H,4,11,25H2,1-3H3. The molecule has 5 nitrogen and oxygen atoms in total. The maximum atomic E-state index is 13.1. The molecule has 2 aromatic rings. The summed E-state index contributed by atoms with van der Waals surface area (Å²) >= 11 is 3.75. The van der Waals surface area contributed by atoms with E-state index < -0.39 is 0 Å². The molecule has 29 heavy (non-hydrogen) atoms. The fourth-order valence-electron chi connectivity index (χ4n) is 3.78. The molecule has 2 N–H and O–H groups in total. The van der Waals surface area contributed by atoms with Crippen molar-refractivity contribution in [2.24, 2.45) is 0 Å². The second kappa shape index (κ2) is 7.52. The average molecular weight is 452 g/mol. The largest absolute Gasteiger partial charge is 0.472 e. The molecule has 2 heterocycles. The first-order valence-electron chi connectivity index (χ1n) is 9.52. The molecule has 0 unspecified atom stereocenters. The van der Waals surface area contributed by atoms with Crippen molar-refractivity contribution >= 4 is 21.6 Å². The van der Waals surface area contributed by atoms with Gasteiger partial charge >= 0.3 is 0 Å². The number of aryl methyl sites for hydroxylation is 2. The Morgan fingerprint density at radius 3 is 2.62 bits per heavy atom. The van der Waals surface area contributed by atoms with Crippen molar-refractivity contribution in [1.29, 1.82) is 0 Å². The first kappa shape index (κ1) is 19.5. The van der Waals surface area contributed by atoms with Gasteiger partial charge in [-0.3, -0.25) is 9.36 Å². The summed E-state index contributed by atoms with van der Waals surface area (Å²) < 4.78 is 8.10. The zero-order valence-electron chi connectivity index (χ0n) is 16.6. The van der Waals surface area contributed by atoms with Crippen LogP contribution in [0.5, 0.6) is 0 Å². The monoisotopic (exact) mass is 451 g/mol. The highest BCUT2D eigenvalue weighted by atomic mass is 79.9. The molecule has 0 saturated heterocycles. The molecule has 148 valence electrons. The smallest absolute Gasteiger partial charge is 0.256 e. The van der Waals surface area contributed by atoms with Crippen LogP contribution >= 0.6 is 15.9 Å². The molecule has 0 saturated carbocycles. The Bertz CT molecular complexity index is 1240. The summed E-state index contributed by atoms with van der Waals surface area (Å²) in [5.74, 6) is 0.774. The van der Waals surface area contributed by atoms with Crippen molar-refractivity contribution in [3.05, 3.63) is 80.3 Å². The number of hydrogen-bond donors (Lipinski definition) is 1. The Morgan fingerprint density at radius 1 is 1.14 bits per heavy atom. The van der Waals surface area contributed by atoms with Crippen LogP contribution < -0.4 is 11.3 Å². The molecule has 1 aliphatic carbocycles. The minimum Gasteiger partial charge on any atom is -0.472 e. The fourth-order valence-corrected chi connectivity index (χ4v) is 4.54. The number of fused-ring (bicyclic) bond motifs is 1. The number of anilines is 1. The third-order valence-corrected chi connectivity index (χ3v) is 6.28. The van der Waals surface area contributed by atoms with Gasteiger partial charge < -0.3 is 10.2 Å². The molecule has 1 aliphatic heterocycles. The van der Waals surface area contributed by atoms with Gasteiger partial charge in [-0.2, -0.15) is 0 Å². The molecule has 0 radical (unpaired) electrons. The highest BCUT2D eigenvalue weighted by Gasteiger charge is 2.25. The quantitative estimate of drug-likeness (QED) is 0.433. The summed E-state index contributed by atoms with van der Waals surface area (Å²) in [6, 6.07) is 9.69. The van der Waals surface area contributed by atoms with Crippen molar-refractivity contribution in [3.8, 4) is 22.3 Å². The van der Waals surface area contributed by atoms with Gasteiger partial charge in [0.2, 0.25) is 0 Å². The molecule has 2 aliphatic rings. The summed E-state index contributed by atoms with van der Waals surface area (Å²) in [4.78, 5) is 17.8. The van der Waals surface area contributed by atoms with E-state index in [9.17, 15) is 4.79 Å². The van der Waals surface area contributed by atoms with Crippen LogP contribution in [-0.4, -0.2) is 9.55 Å². The molecule has 0 atom stereocenters. The molecular weight excluding hydrogens is 430 g/mol. The highest BCUT2D eigenvalue weighted by Crippen LogP contribution is 2.47. The van der Waals surface area contributed by atoms with E-state index in [1.165, 1.54) is 0 Å². The number of hydrogen-bond acceptors (Lipinski definition) is 4. The second-order valence-electron chi connectivity index (χ2n) is 7.12. The normalized spacial score (nSPS) is 11.3. The number of benzene rings is 1. The van der Waals surface area contributed by atoms with Gasteiger partial charge in [0.05, 0.1) is 19.1 Å². The number of halogens is 1. The van der Waals surface area contributed by atoms with E-state index in [1.54, 1.807) is 17.1 Å². The Labute approximate surface area is 177 Å². The highest BCUT2D eigenvalue weighted by molar-refractivity contribution is 9.10. The molecule has 1 aromatic heterocycles. The molecule has 4 rings (SSSR count). The van der Waals surface area contributed by atoms with Crippen molar-refractivity contribution in [2.45, 2.75) is 33.7 Å². The van der Waals surface area contributed by atoms with Crippen LogP contribution in [0.1, 0.15) is 29.6 Å². The van der Waals surface area contributed by atoms with Crippen LogP contribution in [0.3, 0.4) is 0 Å². The first-order valence-corrected chi connectivity index (χ1v) is 10.3. The van der Waals surface area contributed by atoms with Crippen molar-refractivity contribution < 1.29 is 4.42 Å². The van der Waals surface area contributed by atoms with Crippen LogP contribution in [0.25, 0.3) is 22.3 Å². The lowest BCUT2D eigenvalue weighted by atomic mass is 10.0. The number of rotatable bonds is 4. The zero-order chi connectivity index (χ0) is 20.7. The van der Waals surface area contributed by atoms with Gasteiger partial charge in [0.25, 0.3) is 5.56 Å². The number of aromatic nitrogens is 2. The summed E-state index contributed by atoms with van der Waals surface area (Å²) in [5.41, 5.74) is 13.3. The number of nitrogen functional groups attached to an aromatic ring is 1. The molecular formula is C23H22BrN3O2. The van der Waals surface area contributed by atoms with Crippen LogP contribution in [0.2, 0.25) is 0 Å². The van der Waals surface area contributed by atoms with Gasteiger partial charge in [-0.1, -0.05) is 25.1 Å². The minimum atomic E-state index is -0.00701. The van der Waals surface area contributed by atoms with Crippen LogP contribution in [-0.2, 0) is 13.0 Å². The third-order valence-electron chi connectivity index (χ3n) is 5.45. The molecule has 0 fully saturated rings. The van der Waals surface area contributed by atoms with Crippen molar-refractivity contribution in [1.82, 2.24) is 9.55 Å². The average Bonchev–Trinajstić information content (AvgIpc) is 3.00. The van der Waals surface area contributed by atoms with Gasteiger partial charge in [-0.15, -0.1) is 0 Å². The molecule has 1 aromatic carbocycles. The van der Waals surface area contributed by atoms with E-state index in [2.05, 4.69) is 20.9 Å². The number of nitrogens with zero attached hydrogens (tertiary/aromatic N) is 2. The van der Waals surface area contributed by atoms with E-state index in [-0.39, 0.29) is 5.56 Å². The van der Waals surface area contributed by atoms with Gasteiger partial charge in [0, 0.05) is 44.5 Å². The second-order valence-corrected chi connectivity index (χ2v) is 7.92. The SMILES string of the molecule is CCc1nc(C)c(C)c(=O)n1Cc1c2ccocc-2c(Br)c1-c1ccccc1N. The molecule has 0 spiro atoms. The summed E-state index contributed by atoms with van der Waals surface area (Å²) in [7, 11) is 0. The Morgan fingerprint density at radius 2 is 1.90 bits per heavy atom. The third kappa shape index (κ3) is 3.17. The predicted molar refractivity (Wildman–Crippen MR) is 119 cm³/mol. The molecule has 6 heteroatoms. The van der Waals surface area contributed by atoms with Crippen LogP contribution in [0, 0.1) is 13.8 Å². The van der Waals surface area contributed by atoms with Gasteiger partial charge in [0.1, 0.15) is 5.82 Å². The Hall–Kier alpha value is -2.86. The first-order chi connectivity index (χ1) is 13.9. The summed E-state index contributed by atoms with van der Waals surface area (Å²) in [5, 5.41) is 0. The lowest BCUT2D eigenvalue weighted by molar-refractivity contribution is 0.551. The van der Waals surface area contributed by atoms with E-state index in [0.29, 0.717) is 24.2 Å². The fraction of sp³-hybridized carbons (Fsp3) is 0.217. The van der Waals surface area contributed by atoms with Gasteiger partial charge in [-0.05, 0) is 53.0 Å². The number of nitrogens with two attached hydrogens (primary N) is 1. The van der Waals surface area contributed by atoms with Crippen molar-refractivity contribution in [3.63, 3.8) is 0 Å². The maximum Gasteiger partial charge on any atom is 0.256 e.